The predicted octanol–water partition coefficient (Wildman–Crippen LogP) is 4.50. The Balaban J connectivity index is 2.46. The number of ether oxygens (including phenoxy) is 1. The van der Waals surface area contributed by atoms with Gasteiger partial charge in [-0.05, 0) is 19.8 Å². The van der Waals surface area contributed by atoms with Crippen molar-refractivity contribution >= 4 is 14.2 Å². The van der Waals surface area contributed by atoms with Crippen LogP contribution in [0.15, 0.2) is 72.8 Å². The second-order valence-corrected chi connectivity index (χ2v) is 6.64. The molecule has 0 fully saturated rings. The lowest BCUT2D eigenvalue weighted by atomic mass is 9.82. The minimum absolute atomic E-state index is 0.0811. The van der Waals surface area contributed by atoms with Crippen LogP contribution in [0.1, 0.15) is 30.9 Å². The lowest BCUT2D eigenvalue weighted by Gasteiger charge is -2.34. The molecule has 0 aliphatic rings. The van der Waals surface area contributed by atoms with Gasteiger partial charge >= 0.3 is 14.2 Å². The van der Waals surface area contributed by atoms with Crippen LogP contribution in [0.4, 0.5) is 0 Å². The number of carbonyl (C=O) groups excluding carboxylic acids is 1. The molecule has 5 nitrogen and oxygen atoms in total. The molecule has 0 bridgehead atoms. The first-order valence-corrected chi connectivity index (χ1v) is 9.37. The maximum atomic E-state index is 12.4. The summed E-state index contributed by atoms with van der Waals surface area (Å²) < 4.78 is 21.5. The van der Waals surface area contributed by atoms with Crippen molar-refractivity contribution in [2.75, 3.05) is 6.61 Å². The van der Waals surface area contributed by atoms with Crippen molar-refractivity contribution in [3.8, 4) is 0 Å². The molecule has 136 valence electrons. The largest absolute Gasteiger partial charge is 0.694 e. The molecule has 2 aromatic carbocycles. The van der Waals surface area contributed by atoms with Gasteiger partial charge in [0.05, 0.1) is 0 Å². The monoisotopic (exact) mass is 373 g/mol. The van der Waals surface area contributed by atoms with E-state index in [1.807, 2.05) is 60.7 Å². The molecule has 1 unspecified atom stereocenters. The lowest BCUT2D eigenvalue weighted by Crippen LogP contribution is -2.34. The standard InChI is InChI=1S/C20H21O5P/c1-16(2)19(21)25-20(14-9-15-24-26(22)23,17-10-5-3-6-11-17)18-12-7-4-8-13-18/h3-8,10-13H,1,9,14-15H2,2H3/p+1. The highest BCUT2D eigenvalue weighted by atomic mass is 31.1. The molecule has 1 atom stereocenters. The van der Waals surface area contributed by atoms with Crippen molar-refractivity contribution in [1.82, 2.24) is 0 Å². The van der Waals surface area contributed by atoms with E-state index in [2.05, 4.69) is 6.58 Å². The van der Waals surface area contributed by atoms with Crippen LogP contribution in [0.25, 0.3) is 0 Å². The maximum absolute atomic E-state index is 12.4. The summed E-state index contributed by atoms with van der Waals surface area (Å²) in [6.45, 7) is 5.36. The highest BCUT2D eigenvalue weighted by Gasteiger charge is 2.38. The fourth-order valence-corrected chi connectivity index (χ4v) is 3.03. The fraction of sp³-hybridized carbons (Fsp3) is 0.250. The third kappa shape index (κ3) is 5.09. The second kappa shape index (κ2) is 9.39. The molecule has 0 radical (unpaired) electrons. The first kappa shape index (κ1) is 20.0. The molecule has 2 rings (SSSR count). The quantitative estimate of drug-likeness (QED) is 0.303. The maximum Gasteiger partial charge on any atom is 0.694 e. The zero-order valence-electron chi connectivity index (χ0n) is 14.6. The zero-order valence-corrected chi connectivity index (χ0v) is 15.5. The highest BCUT2D eigenvalue weighted by molar-refractivity contribution is 7.32. The van der Waals surface area contributed by atoms with Crippen molar-refractivity contribution < 1.29 is 23.5 Å². The molecular weight excluding hydrogens is 351 g/mol. The highest BCUT2D eigenvalue weighted by Crippen LogP contribution is 2.39. The second-order valence-electron chi connectivity index (χ2n) is 5.90. The Kier molecular flexibility index (Phi) is 7.22. The summed E-state index contributed by atoms with van der Waals surface area (Å²) in [5, 5.41) is 0. The van der Waals surface area contributed by atoms with E-state index in [1.165, 1.54) is 0 Å². The Hall–Kier alpha value is -2.33. The average molecular weight is 373 g/mol. The van der Waals surface area contributed by atoms with Gasteiger partial charge in [-0.25, -0.2) is 4.79 Å². The third-order valence-electron chi connectivity index (χ3n) is 3.97. The van der Waals surface area contributed by atoms with E-state index in [4.69, 9.17) is 14.2 Å². The number of carbonyl (C=O) groups is 1. The number of esters is 1. The molecule has 1 N–H and O–H groups in total. The van der Waals surface area contributed by atoms with E-state index >= 15 is 0 Å². The summed E-state index contributed by atoms with van der Waals surface area (Å²) in [5.41, 5.74) is 0.891. The number of hydrogen-bond acceptors (Lipinski definition) is 4. The Bertz CT molecular complexity index is 719. The summed E-state index contributed by atoms with van der Waals surface area (Å²) >= 11 is 0. The molecule has 6 heteroatoms. The Morgan fingerprint density at radius 1 is 1.08 bits per heavy atom. The van der Waals surface area contributed by atoms with Crippen molar-refractivity contribution in [3.63, 3.8) is 0 Å². The molecule has 2 aromatic rings. The molecule has 0 spiro atoms. The van der Waals surface area contributed by atoms with Crippen LogP contribution in [0, 0.1) is 0 Å². The Morgan fingerprint density at radius 3 is 2.00 bits per heavy atom. The van der Waals surface area contributed by atoms with Gasteiger partial charge in [0.25, 0.3) is 0 Å². The van der Waals surface area contributed by atoms with E-state index in [1.54, 1.807) is 6.92 Å². The molecule has 0 saturated carbocycles. The smallest absolute Gasteiger partial charge is 0.446 e. The predicted molar refractivity (Wildman–Crippen MR) is 99.6 cm³/mol. The van der Waals surface area contributed by atoms with Gasteiger partial charge in [0.15, 0.2) is 5.60 Å². The van der Waals surface area contributed by atoms with Gasteiger partial charge in [0, 0.05) is 21.3 Å². The van der Waals surface area contributed by atoms with Gasteiger partial charge in [0.2, 0.25) is 0 Å². The Labute approximate surface area is 154 Å². The van der Waals surface area contributed by atoms with Gasteiger partial charge in [-0.3, -0.25) is 0 Å². The van der Waals surface area contributed by atoms with Crippen LogP contribution in [0.5, 0.6) is 0 Å². The van der Waals surface area contributed by atoms with Crippen LogP contribution in [-0.4, -0.2) is 17.5 Å². The fourth-order valence-electron chi connectivity index (χ4n) is 2.75. The van der Waals surface area contributed by atoms with E-state index in [0.717, 1.165) is 11.1 Å². The number of hydrogen-bond donors (Lipinski definition) is 1. The van der Waals surface area contributed by atoms with Gasteiger partial charge in [-0.1, -0.05) is 67.2 Å². The van der Waals surface area contributed by atoms with Crippen molar-refractivity contribution in [1.29, 1.82) is 0 Å². The van der Waals surface area contributed by atoms with Crippen LogP contribution in [0.2, 0.25) is 0 Å². The van der Waals surface area contributed by atoms with Gasteiger partial charge in [0.1, 0.15) is 6.61 Å². The summed E-state index contributed by atoms with van der Waals surface area (Å²) in [4.78, 5) is 21.2. The molecule has 0 aromatic heterocycles. The van der Waals surface area contributed by atoms with Crippen LogP contribution >= 0.6 is 8.25 Å². The molecule has 0 aliphatic heterocycles. The van der Waals surface area contributed by atoms with E-state index in [0.29, 0.717) is 18.4 Å². The summed E-state index contributed by atoms with van der Waals surface area (Å²) in [7, 11) is -2.66. The third-order valence-corrected chi connectivity index (χ3v) is 4.37. The zero-order chi connectivity index (χ0) is 19.0. The van der Waals surface area contributed by atoms with Gasteiger partial charge in [-0.15, -0.1) is 9.42 Å². The summed E-state index contributed by atoms with van der Waals surface area (Å²) in [6.07, 6.45) is 0.818. The van der Waals surface area contributed by atoms with E-state index in [-0.39, 0.29) is 6.61 Å². The van der Waals surface area contributed by atoms with Crippen LogP contribution in [-0.2, 0) is 24.2 Å². The minimum atomic E-state index is -2.66. The van der Waals surface area contributed by atoms with Crippen molar-refractivity contribution in [3.05, 3.63) is 83.9 Å². The van der Waals surface area contributed by atoms with Gasteiger partial charge < -0.3 is 4.74 Å². The minimum Gasteiger partial charge on any atom is -0.446 e. The van der Waals surface area contributed by atoms with Crippen molar-refractivity contribution in [2.45, 2.75) is 25.4 Å². The molecule has 0 heterocycles. The van der Waals surface area contributed by atoms with Crippen molar-refractivity contribution in [2.24, 2.45) is 0 Å². The first-order valence-electron chi connectivity index (χ1n) is 8.24. The van der Waals surface area contributed by atoms with E-state index < -0.39 is 19.8 Å². The van der Waals surface area contributed by atoms with E-state index in [9.17, 15) is 9.36 Å². The number of rotatable bonds is 9. The normalized spacial score (nSPS) is 11.7. The Morgan fingerprint density at radius 2 is 1.58 bits per heavy atom. The molecular formula is C20H22O5P+. The van der Waals surface area contributed by atoms with Gasteiger partial charge in [-0.2, -0.15) is 0 Å². The number of benzene rings is 2. The topological polar surface area (TPSA) is 72.8 Å². The lowest BCUT2D eigenvalue weighted by molar-refractivity contribution is -0.152. The molecule has 0 aliphatic carbocycles. The molecule has 0 saturated heterocycles. The first-order chi connectivity index (χ1) is 12.5. The summed E-state index contributed by atoms with van der Waals surface area (Å²) in [6, 6.07) is 18.9. The molecule has 0 amide bonds. The summed E-state index contributed by atoms with van der Waals surface area (Å²) in [5.74, 6) is -0.494. The SMILES string of the molecule is C=C(C)C(=O)OC(CCCO[P+](=O)O)(c1ccccc1)c1ccccc1. The average Bonchev–Trinajstić information content (AvgIpc) is 2.65. The molecule has 26 heavy (non-hydrogen) atoms. The van der Waals surface area contributed by atoms with Crippen LogP contribution in [0.3, 0.4) is 0 Å². The van der Waals surface area contributed by atoms with Crippen LogP contribution < -0.4 is 0 Å².